The second kappa shape index (κ2) is 12.7. The molecule has 0 aromatic heterocycles. The van der Waals surface area contributed by atoms with E-state index >= 15 is 0 Å². The Kier molecular flexibility index (Phi) is 11.7. The Morgan fingerprint density at radius 1 is 0.875 bits per heavy atom. The molecule has 0 bridgehead atoms. The Bertz CT molecular complexity index is 405. The number of epoxide rings is 2. The molecule has 2 unspecified atom stereocenters. The summed E-state index contributed by atoms with van der Waals surface area (Å²) in [5, 5.41) is 32.1. The van der Waals surface area contributed by atoms with E-state index in [-0.39, 0.29) is 25.4 Å². The highest BCUT2D eigenvalue weighted by Gasteiger charge is 2.21. The van der Waals surface area contributed by atoms with Crippen molar-refractivity contribution in [3.8, 4) is 0 Å². The van der Waals surface area contributed by atoms with Gasteiger partial charge in [-0.05, 0) is 26.7 Å². The zero-order valence-corrected chi connectivity index (χ0v) is 14.0. The zero-order chi connectivity index (χ0) is 18.5. The molecule has 2 atom stereocenters. The van der Waals surface area contributed by atoms with Crippen molar-refractivity contribution in [2.75, 3.05) is 26.4 Å². The van der Waals surface area contributed by atoms with E-state index in [0.717, 1.165) is 26.1 Å². The molecule has 0 radical (unpaired) electrons. The van der Waals surface area contributed by atoms with Crippen LogP contribution in [0.2, 0.25) is 0 Å². The predicted octanol–water partition coefficient (Wildman–Crippen LogP) is 0.583. The van der Waals surface area contributed by atoms with Crippen LogP contribution in [0.4, 0.5) is 0 Å². The van der Waals surface area contributed by atoms with Gasteiger partial charge < -0.3 is 29.9 Å². The molecule has 0 amide bonds. The van der Waals surface area contributed by atoms with Crippen LogP contribution in [0.5, 0.6) is 0 Å². The average molecular weight is 346 g/mol. The molecule has 0 aromatic carbocycles. The maximum absolute atomic E-state index is 10.2. The molecule has 2 heterocycles. The highest BCUT2D eigenvalue weighted by Crippen LogP contribution is 2.15. The van der Waals surface area contributed by atoms with Crippen molar-refractivity contribution in [3.63, 3.8) is 0 Å². The van der Waals surface area contributed by atoms with Gasteiger partial charge in [0.1, 0.15) is 0 Å². The third-order valence-corrected chi connectivity index (χ3v) is 2.95. The van der Waals surface area contributed by atoms with Gasteiger partial charge in [-0.15, -0.1) is 0 Å². The number of aliphatic carboxylic acids is 2. The summed E-state index contributed by atoms with van der Waals surface area (Å²) in [6, 6.07) is 0. The maximum Gasteiger partial charge on any atom is 0.330 e. The molecular weight excluding hydrogens is 320 g/mol. The van der Waals surface area contributed by atoms with E-state index in [4.69, 9.17) is 29.9 Å². The van der Waals surface area contributed by atoms with Crippen LogP contribution in [0.25, 0.3) is 0 Å². The van der Waals surface area contributed by atoms with Crippen molar-refractivity contribution >= 4 is 11.9 Å². The zero-order valence-electron chi connectivity index (χ0n) is 14.0. The maximum atomic E-state index is 10.2. The molecule has 2 aliphatic rings. The predicted molar refractivity (Wildman–Crippen MR) is 85.7 cm³/mol. The average Bonchev–Trinajstić information content (AvgIpc) is 3.45. The van der Waals surface area contributed by atoms with Crippen LogP contribution in [0.15, 0.2) is 23.3 Å². The van der Waals surface area contributed by atoms with Crippen molar-refractivity contribution in [3.05, 3.63) is 23.3 Å². The summed E-state index contributed by atoms with van der Waals surface area (Å²) in [5.74, 6) is -1.69. The van der Waals surface area contributed by atoms with Crippen molar-refractivity contribution in [1.82, 2.24) is 0 Å². The Morgan fingerprint density at radius 2 is 1.17 bits per heavy atom. The fourth-order valence-corrected chi connectivity index (χ4v) is 1.20. The Hall–Kier alpha value is -1.74. The molecule has 2 fully saturated rings. The standard InChI is InChI=1S/2C7H10O3.C2H6O2/c2*1-5(7(8)9)2-3-6-4-10-6;3-1-2-4/h2*2,6H,3-4H2,1H3,(H,8,9);3-4H,1-2H2. The van der Waals surface area contributed by atoms with Crippen LogP contribution in [-0.4, -0.2) is 71.0 Å². The van der Waals surface area contributed by atoms with Crippen LogP contribution >= 0.6 is 0 Å². The molecule has 8 nitrogen and oxygen atoms in total. The van der Waals surface area contributed by atoms with E-state index < -0.39 is 11.9 Å². The van der Waals surface area contributed by atoms with Crippen LogP contribution in [0, 0.1) is 0 Å². The van der Waals surface area contributed by atoms with Gasteiger partial charge >= 0.3 is 11.9 Å². The molecule has 138 valence electrons. The number of ether oxygens (including phenoxy) is 2. The molecule has 24 heavy (non-hydrogen) atoms. The molecule has 2 saturated heterocycles. The van der Waals surface area contributed by atoms with Gasteiger partial charge in [0, 0.05) is 11.1 Å². The molecule has 0 aliphatic carbocycles. The number of hydrogen-bond donors (Lipinski definition) is 4. The molecule has 0 spiro atoms. The lowest BCUT2D eigenvalue weighted by Crippen LogP contribution is -1.96. The van der Waals surface area contributed by atoms with Gasteiger partial charge in [-0.25, -0.2) is 9.59 Å². The first-order valence-electron chi connectivity index (χ1n) is 7.56. The smallest absolute Gasteiger partial charge is 0.330 e. The first-order chi connectivity index (χ1) is 11.3. The van der Waals surface area contributed by atoms with Gasteiger partial charge in [0.15, 0.2) is 0 Å². The van der Waals surface area contributed by atoms with Crippen LogP contribution in [0.3, 0.4) is 0 Å². The summed E-state index contributed by atoms with van der Waals surface area (Å²) in [4.78, 5) is 20.4. The summed E-state index contributed by atoms with van der Waals surface area (Å²) >= 11 is 0. The molecule has 2 rings (SSSR count). The summed E-state index contributed by atoms with van der Waals surface area (Å²) in [7, 11) is 0. The molecule has 0 saturated carbocycles. The third kappa shape index (κ3) is 13.9. The van der Waals surface area contributed by atoms with Crippen molar-refractivity contribution in [2.24, 2.45) is 0 Å². The Morgan fingerprint density at radius 3 is 1.33 bits per heavy atom. The fourth-order valence-electron chi connectivity index (χ4n) is 1.20. The van der Waals surface area contributed by atoms with E-state index in [9.17, 15) is 9.59 Å². The summed E-state index contributed by atoms with van der Waals surface area (Å²) in [5.41, 5.74) is 0.797. The van der Waals surface area contributed by atoms with Crippen molar-refractivity contribution in [1.29, 1.82) is 0 Å². The van der Waals surface area contributed by atoms with Crippen LogP contribution in [0.1, 0.15) is 26.7 Å². The van der Waals surface area contributed by atoms with Crippen LogP contribution < -0.4 is 0 Å². The van der Waals surface area contributed by atoms with Crippen molar-refractivity contribution < 1.29 is 39.5 Å². The number of carboxylic acid groups (broad SMARTS) is 2. The minimum atomic E-state index is -0.847. The second-order valence-electron chi connectivity index (χ2n) is 5.21. The lowest BCUT2D eigenvalue weighted by atomic mass is 10.2. The van der Waals surface area contributed by atoms with E-state index in [2.05, 4.69) is 0 Å². The number of aliphatic hydroxyl groups is 2. The van der Waals surface area contributed by atoms with E-state index in [1.165, 1.54) is 0 Å². The van der Waals surface area contributed by atoms with Gasteiger partial charge in [-0.3, -0.25) is 0 Å². The minimum Gasteiger partial charge on any atom is -0.478 e. The quantitative estimate of drug-likeness (QED) is 0.388. The number of aliphatic hydroxyl groups excluding tert-OH is 2. The van der Waals surface area contributed by atoms with Crippen LogP contribution in [-0.2, 0) is 19.1 Å². The lowest BCUT2D eigenvalue weighted by Gasteiger charge is -1.89. The summed E-state index contributed by atoms with van der Waals surface area (Å²) < 4.78 is 9.80. The molecule has 2 aliphatic heterocycles. The highest BCUT2D eigenvalue weighted by atomic mass is 16.6. The van der Waals surface area contributed by atoms with E-state index in [1.54, 1.807) is 26.0 Å². The number of hydrogen-bond acceptors (Lipinski definition) is 6. The first kappa shape index (κ1) is 22.3. The highest BCUT2D eigenvalue weighted by molar-refractivity contribution is 5.86. The van der Waals surface area contributed by atoms with Gasteiger partial charge in [0.05, 0.1) is 38.6 Å². The summed E-state index contributed by atoms with van der Waals surface area (Å²) in [6.07, 6.45) is 5.43. The van der Waals surface area contributed by atoms with Gasteiger partial charge in [0.25, 0.3) is 0 Å². The first-order valence-corrected chi connectivity index (χ1v) is 7.56. The number of rotatable bonds is 7. The number of carboxylic acids is 2. The molecule has 4 N–H and O–H groups in total. The fraction of sp³-hybridized carbons (Fsp3) is 0.625. The summed E-state index contributed by atoms with van der Waals surface area (Å²) in [6.45, 7) is 4.49. The SMILES string of the molecule is CC(=CCC1CO1)C(=O)O.CC(=CCC1CO1)C(=O)O.OCCO. The topological polar surface area (TPSA) is 140 Å². The van der Waals surface area contributed by atoms with E-state index in [0.29, 0.717) is 11.1 Å². The minimum absolute atomic E-state index is 0.125. The van der Waals surface area contributed by atoms with Crippen molar-refractivity contribution in [2.45, 2.75) is 38.9 Å². The van der Waals surface area contributed by atoms with E-state index in [1.807, 2.05) is 0 Å². The number of carbonyl (C=O) groups is 2. The molecular formula is C16H26O8. The molecule has 0 aromatic rings. The Labute approximate surface area is 141 Å². The monoisotopic (exact) mass is 346 g/mol. The van der Waals surface area contributed by atoms with Gasteiger partial charge in [0.2, 0.25) is 0 Å². The largest absolute Gasteiger partial charge is 0.478 e. The second-order valence-corrected chi connectivity index (χ2v) is 5.21. The van der Waals surface area contributed by atoms with Gasteiger partial charge in [-0.1, -0.05) is 12.2 Å². The van der Waals surface area contributed by atoms with Gasteiger partial charge in [-0.2, -0.15) is 0 Å². The lowest BCUT2D eigenvalue weighted by molar-refractivity contribution is -0.133. The Balaban J connectivity index is 0.000000363. The molecule has 8 heteroatoms. The normalized spacial score (nSPS) is 21.7. The third-order valence-electron chi connectivity index (χ3n) is 2.95.